The van der Waals surface area contributed by atoms with Crippen LogP contribution in [-0.4, -0.2) is 49.3 Å². The molecule has 1 aromatic carbocycles. The Balaban J connectivity index is 1.48. The summed E-state index contributed by atoms with van der Waals surface area (Å²) in [5, 5.41) is 11.4. The summed E-state index contributed by atoms with van der Waals surface area (Å²) in [6, 6.07) is 2.56. The van der Waals surface area contributed by atoms with Crippen LogP contribution < -0.4 is 10.2 Å². The molecule has 6 nitrogen and oxygen atoms in total. The number of anilines is 1. The molecule has 0 bridgehead atoms. The number of hydrogen-bond donors (Lipinski definition) is 2. The van der Waals surface area contributed by atoms with Crippen molar-refractivity contribution in [2.75, 3.05) is 31.2 Å². The summed E-state index contributed by atoms with van der Waals surface area (Å²) in [5.41, 5.74) is 0.226. The molecule has 0 radical (unpaired) electrons. The number of amides is 2. The van der Waals surface area contributed by atoms with Crippen molar-refractivity contribution in [2.45, 2.75) is 44.1 Å². The highest BCUT2D eigenvalue weighted by Gasteiger charge is 2.42. The molecule has 3 aliphatic heterocycles. The van der Waals surface area contributed by atoms with E-state index in [4.69, 9.17) is 4.74 Å². The zero-order chi connectivity index (χ0) is 19.9. The van der Waals surface area contributed by atoms with Crippen LogP contribution in [0.2, 0.25) is 0 Å². The molecule has 4 rings (SSSR count). The number of aliphatic hydroxyl groups is 1. The number of carbonyl (C=O) groups is 2. The average Bonchev–Trinajstić information content (AvgIpc) is 3.06. The molecule has 1 aromatic rings. The molecule has 2 amide bonds. The second-order valence-electron chi connectivity index (χ2n) is 8.13. The first-order chi connectivity index (χ1) is 13.4. The lowest BCUT2D eigenvalue weighted by molar-refractivity contribution is -0.134. The highest BCUT2D eigenvalue weighted by Crippen LogP contribution is 2.43. The number of carbonyl (C=O) groups excluding carboxylic acids is 2. The predicted molar refractivity (Wildman–Crippen MR) is 96.8 cm³/mol. The molecule has 0 saturated carbocycles. The van der Waals surface area contributed by atoms with Gasteiger partial charge in [0.15, 0.2) is 0 Å². The summed E-state index contributed by atoms with van der Waals surface area (Å²) in [4.78, 5) is 25.2. The maximum Gasteiger partial charge on any atom is 0.234 e. The summed E-state index contributed by atoms with van der Waals surface area (Å²) < 4.78 is 35.1. The molecule has 3 aliphatic rings. The van der Waals surface area contributed by atoms with Gasteiger partial charge in [-0.1, -0.05) is 0 Å². The first-order valence-corrected chi connectivity index (χ1v) is 9.71. The summed E-state index contributed by atoms with van der Waals surface area (Å²) in [7, 11) is 0. The molecular formula is C20H24F2N2O4. The molecule has 2 unspecified atom stereocenters. The molecular weight excluding hydrogens is 370 g/mol. The normalized spacial score (nSPS) is 27.3. The van der Waals surface area contributed by atoms with Crippen LogP contribution in [-0.2, 0) is 14.3 Å². The van der Waals surface area contributed by atoms with Gasteiger partial charge in [0.1, 0.15) is 11.6 Å². The number of imide groups is 1. The van der Waals surface area contributed by atoms with Crippen molar-refractivity contribution in [1.82, 2.24) is 5.32 Å². The van der Waals surface area contributed by atoms with Gasteiger partial charge < -0.3 is 14.7 Å². The van der Waals surface area contributed by atoms with E-state index in [-0.39, 0.29) is 36.5 Å². The number of ether oxygens (including phenoxy) is 1. The fourth-order valence-electron chi connectivity index (χ4n) is 4.66. The number of rotatable bonds is 3. The molecule has 3 saturated heterocycles. The van der Waals surface area contributed by atoms with Gasteiger partial charge in [-0.2, -0.15) is 0 Å². The first-order valence-electron chi connectivity index (χ1n) is 9.71. The van der Waals surface area contributed by atoms with Gasteiger partial charge in [-0.3, -0.25) is 14.9 Å². The third-order valence-corrected chi connectivity index (χ3v) is 6.33. The molecule has 28 heavy (non-hydrogen) atoms. The smallest absolute Gasteiger partial charge is 0.234 e. The number of nitrogens with one attached hydrogen (secondary N) is 1. The Kier molecular flexibility index (Phi) is 5.09. The largest absolute Gasteiger partial charge is 0.394 e. The third-order valence-electron chi connectivity index (χ3n) is 6.33. The van der Waals surface area contributed by atoms with E-state index in [1.54, 1.807) is 0 Å². The van der Waals surface area contributed by atoms with Crippen molar-refractivity contribution in [3.05, 3.63) is 29.3 Å². The summed E-state index contributed by atoms with van der Waals surface area (Å²) in [5.74, 6) is -3.56. The van der Waals surface area contributed by atoms with Crippen LogP contribution in [0.15, 0.2) is 12.1 Å². The van der Waals surface area contributed by atoms with E-state index in [1.165, 1.54) is 12.1 Å². The highest BCUT2D eigenvalue weighted by atomic mass is 19.1. The van der Waals surface area contributed by atoms with Gasteiger partial charge in [-0.05, 0) is 43.2 Å². The first kappa shape index (κ1) is 19.3. The zero-order valence-electron chi connectivity index (χ0n) is 15.5. The van der Waals surface area contributed by atoms with Crippen LogP contribution in [0.1, 0.15) is 43.6 Å². The highest BCUT2D eigenvalue weighted by molar-refractivity contribution is 6.01. The minimum atomic E-state index is -0.984. The quantitative estimate of drug-likeness (QED) is 0.765. The van der Waals surface area contributed by atoms with Gasteiger partial charge >= 0.3 is 0 Å². The fourth-order valence-corrected chi connectivity index (χ4v) is 4.66. The lowest BCUT2D eigenvalue weighted by Gasteiger charge is -2.39. The second kappa shape index (κ2) is 7.40. The summed E-state index contributed by atoms with van der Waals surface area (Å²) in [6.45, 7) is 1.93. The van der Waals surface area contributed by atoms with Gasteiger partial charge in [-0.25, -0.2) is 8.78 Å². The molecule has 2 atom stereocenters. The standard InChI is InChI=1S/C20H24F2N2O4/c21-15-7-12(8-16(22)18(15)14-1-2-17(26)23-19(14)27)24-5-3-20(4-6-24)9-13(10-25)28-11-20/h7-8,13-14,25H,1-6,9-11H2,(H,23,26,27). The average molecular weight is 394 g/mol. The van der Waals surface area contributed by atoms with E-state index in [2.05, 4.69) is 5.32 Å². The van der Waals surface area contributed by atoms with E-state index in [9.17, 15) is 23.5 Å². The van der Waals surface area contributed by atoms with Gasteiger partial charge in [0, 0.05) is 30.8 Å². The molecule has 152 valence electrons. The third kappa shape index (κ3) is 3.51. The Morgan fingerprint density at radius 1 is 1.21 bits per heavy atom. The van der Waals surface area contributed by atoms with Crippen molar-refractivity contribution in [3.8, 4) is 0 Å². The number of benzene rings is 1. The van der Waals surface area contributed by atoms with Crippen molar-refractivity contribution >= 4 is 17.5 Å². The second-order valence-corrected chi connectivity index (χ2v) is 8.13. The van der Waals surface area contributed by atoms with E-state index in [0.717, 1.165) is 19.3 Å². The fraction of sp³-hybridized carbons (Fsp3) is 0.600. The molecule has 3 fully saturated rings. The van der Waals surface area contributed by atoms with E-state index < -0.39 is 29.4 Å². The van der Waals surface area contributed by atoms with Crippen molar-refractivity contribution in [3.63, 3.8) is 0 Å². The Morgan fingerprint density at radius 2 is 1.89 bits per heavy atom. The number of nitrogens with zero attached hydrogens (tertiary/aromatic N) is 1. The maximum absolute atomic E-state index is 14.7. The Labute approximate surface area is 161 Å². The predicted octanol–water partition coefficient (Wildman–Crippen LogP) is 1.85. The summed E-state index contributed by atoms with van der Waals surface area (Å²) in [6.07, 6.45) is 2.55. The molecule has 1 spiro atoms. The molecule has 2 N–H and O–H groups in total. The van der Waals surface area contributed by atoms with Crippen LogP contribution in [0.5, 0.6) is 0 Å². The van der Waals surface area contributed by atoms with Gasteiger partial charge in [-0.15, -0.1) is 0 Å². The monoisotopic (exact) mass is 394 g/mol. The zero-order valence-corrected chi connectivity index (χ0v) is 15.5. The van der Waals surface area contributed by atoms with Crippen LogP contribution >= 0.6 is 0 Å². The summed E-state index contributed by atoms with van der Waals surface area (Å²) >= 11 is 0. The molecule has 0 aliphatic carbocycles. The van der Waals surface area contributed by atoms with E-state index >= 15 is 0 Å². The SMILES string of the molecule is O=C1CCC(c2c(F)cc(N3CCC4(CC3)COC(CO)C4)cc2F)C(=O)N1. The van der Waals surface area contributed by atoms with Crippen molar-refractivity contribution in [2.24, 2.45) is 5.41 Å². The maximum atomic E-state index is 14.7. The minimum absolute atomic E-state index is 0.0175. The molecule has 0 aromatic heterocycles. The number of aliphatic hydroxyl groups excluding tert-OH is 1. The topological polar surface area (TPSA) is 78.9 Å². The lowest BCUT2D eigenvalue weighted by Crippen LogP contribution is -2.41. The van der Waals surface area contributed by atoms with E-state index in [0.29, 0.717) is 25.4 Å². The van der Waals surface area contributed by atoms with Crippen molar-refractivity contribution in [1.29, 1.82) is 0 Å². The minimum Gasteiger partial charge on any atom is -0.394 e. The van der Waals surface area contributed by atoms with Gasteiger partial charge in [0.2, 0.25) is 11.8 Å². The van der Waals surface area contributed by atoms with Crippen LogP contribution in [0.4, 0.5) is 14.5 Å². The Bertz CT molecular complexity index is 769. The molecule has 3 heterocycles. The Morgan fingerprint density at radius 3 is 2.46 bits per heavy atom. The number of halogens is 2. The van der Waals surface area contributed by atoms with Gasteiger partial charge in [0.25, 0.3) is 0 Å². The number of hydrogen-bond acceptors (Lipinski definition) is 5. The lowest BCUT2D eigenvalue weighted by atomic mass is 9.76. The van der Waals surface area contributed by atoms with Crippen LogP contribution in [0.3, 0.4) is 0 Å². The van der Waals surface area contributed by atoms with Crippen LogP contribution in [0.25, 0.3) is 0 Å². The Hall–Kier alpha value is -2.06. The van der Waals surface area contributed by atoms with E-state index in [1.807, 2.05) is 4.90 Å². The molecule has 8 heteroatoms. The van der Waals surface area contributed by atoms with Gasteiger partial charge in [0.05, 0.1) is 25.2 Å². The van der Waals surface area contributed by atoms with Crippen LogP contribution in [0, 0.1) is 17.0 Å². The number of piperidine rings is 2. The van der Waals surface area contributed by atoms with Crippen molar-refractivity contribution < 1.29 is 28.2 Å².